The third kappa shape index (κ3) is 6.56. The van der Waals surface area contributed by atoms with Crippen LogP contribution in [0.1, 0.15) is 40.0 Å². The van der Waals surface area contributed by atoms with E-state index in [1.54, 1.807) is 12.2 Å². The van der Waals surface area contributed by atoms with E-state index in [-0.39, 0.29) is 12.0 Å². The summed E-state index contributed by atoms with van der Waals surface area (Å²) in [4.78, 5) is 35.0. The van der Waals surface area contributed by atoms with Gasteiger partial charge in [0.25, 0.3) is 0 Å². The highest BCUT2D eigenvalue weighted by atomic mass is 16.6. The van der Waals surface area contributed by atoms with Crippen LogP contribution in [0.4, 0.5) is 0 Å². The van der Waals surface area contributed by atoms with Crippen molar-refractivity contribution in [3.05, 3.63) is 24.8 Å². The maximum atomic E-state index is 12.4. The Kier molecular flexibility index (Phi) is 7.19. The first-order chi connectivity index (χ1) is 11.1. The van der Waals surface area contributed by atoms with Gasteiger partial charge in [-0.05, 0) is 24.7 Å². The van der Waals surface area contributed by atoms with E-state index in [1.807, 2.05) is 20.8 Å². The monoisotopic (exact) mass is 338 g/mol. The van der Waals surface area contributed by atoms with Gasteiger partial charge in [0.15, 0.2) is 0 Å². The van der Waals surface area contributed by atoms with E-state index < -0.39 is 35.8 Å². The lowest BCUT2D eigenvalue weighted by Gasteiger charge is -2.29. The molecular formula is C18H26O6. The first-order valence-corrected chi connectivity index (χ1v) is 8.01. The van der Waals surface area contributed by atoms with Crippen LogP contribution in [0.25, 0.3) is 0 Å². The molecule has 0 amide bonds. The van der Waals surface area contributed by atoms with Crippen molar-refractivity contribution >= 4 is 17.9 Å². The molecular weight excluding hydrogens is 312 g/mol. The number of carbonyl (C=O) groups is 3. The SMILES string of the molecule is C=CC(=O)OCC(CC(C)(C)C)OC(=O)C1CC=CCC1C(=O)O. The summed E-state index contributed by atoms with van der Waals surface area (Å²) in [6.45, 7) is 9.18. The van der Waals surface area contributed by atoms with Gasteiger partial charge in [0.1, 0.15) is 12.7 Å². The summed E-state index contributed by atoms with van der Waals surface area (Å²) < 4.78 is 10.5. The predicted octanol–water partition coefficient (Wildman–Crippen LogP) is 2.73. The molecule has 0 spiro atoms. The second-order valence-corrected chi connectivity index (χ2v) is 7.15. The summed E-state index contributed by atoms with van der Waals surface area (Å²) in [5.74, 6) is -3.66. The van der Waals surface area contributed by atoms with Crippen molar-refractivity contribution in [2.45, 2.75) is 46.1 Å². The third-order valence-corrected chi connectivity index (χ3v) is 3.75. The van der Waals surface area contributed by atoms with Gasteiger partial charge in [-0.3, -0.25) is 9.59 Å². The second kappa shape index (κ2) is 8.66. The Hall–Kier alpha value is -2.11. The van der Waals surface area contributed by atoms with Crippen molar-refractivity contribution < 1.29 is 29.0 Å². The van der Waals surface area contributed by atoms with E-state index in [0.717, 1.165) is 6.08 Å². The molecule has 6 nitrogen and oxygen atoms in total. The number of hydrogen-bond acceptors (Lipinski definition) is 5. The Bertz CT molecular complexity index is 514. The smallest absolute Gasteiger partial charge is 0.330 e. The summed E-state index contributed by atoms with van der Waals surface area (Å²) in [6.07, 6.45) is 5.12. The number of esters is 2. The summed E-state index contributed by atoms with van der Waals surface area (Å²) in [5, 5.41) is 9.26. The number of hydrogen-bond donors (Lipinski definition) is 1. The molecule has 1 rings (SSSR count). The lowest BCUT2D eigenvalue weighted by molar-refractivity contribution is -0.167. The molecule has 0 aliphatic heterocycles. The Labute approximate surface area is 142 Å². The van der Waals surface area contributed by atoms with Crippen molar-refractivity contribution in [1.82, 2.24) is 0 Å². The predicted molar refractivity (Wildman–Crippen MR) is 88.1 cm³/mol. The van der Waals surface area contributed by atoms with E-state index in [0.29, 0.717) is 19.3 Å². The second-order valence-electron chi connectivity index (χ2n) is 7.15. The number of aliphatic carboxylic acids is 1. The maximum Gasteiger partial charge on any atom is 0.330 e. The van der Waals surface area contributed by atoms with E-state index in [1.165, 1.54) is 0 Å². The number of allylic oxidation sites excluding steroid dienone is 2. The minimum absolute atomic E-state index is 0.0752. The molecule has 0 saturated heterocycles. The van der Waals surface area contributed by atoms with Gasteiger partial charge in [0.05, 0.1) is 11.8 Å². The van der Waals surface area contributed by atoms with Gasteiger partial charge < -0.3 is 14.6 Å². The standard InChI is InChI=1S/C18H26O6/c1-5-15(19)23-11-12(10-18(2,3)4)24-17(22)14-9-7-6-8-13(14)16(20)21/h5-7,12-14H,1,8-11H2,2-4H3,(H,20,21). The Balaban J connectivity index is 2.77. The van der Waals surface area contributed by atoms with Crippen LogP contribution in [-0.2, 0) is 23.9 Å². The summed E-state index contributed by atoms with van der Waals surface area (Å²) in [5.41, 5.74) is -0.149. The van der Waals surface area contributed by atoms with Crippen LogP contribution in [-0.4, -0.2) is 35.7 Å². The lowest BCUT2D eigenvalue weighted by atomic mass is 9.83. The van der Waals surface area contributed by atoms with Crippen LogP contribution in [0.2, 0.25) is 0 Å². The van der Waals surface area contributed by atoms with Gasteiger partial charge >= 0.3 is 17.9 Å². The van der Waals surface area contributed by atoms with Crippen LogP contribution in [0.15, 0.2) is 24.8 Å². The van der Waals surface area contributed by atoms with Crippen LogP contribution >= 0.6 is 0 Å². The van der Waals surface area contributed by atoms with Gasteiger partial charge in [-0.1, -0.05) is 39.5 Å². The molecule has 134 valence electrons. The molecule has 1 aliphatic rings. The normalized spacial score (nSPS) is 21.6. The van der Waals surface area contributed by atoms with E-state index in [9.17, 15) is 19.5 Å². The summed E-state index contributed by atoms with van der Waals surface area (Å²) in [7, 11) is 0. The molecule has 0 aromatic rings. The molecule has 24 heavy (non-hydrogen) atoms. The average Bonchev–Trinajstić information content (AvgIpc) is 2.50. The molecule has 0 bridgehead atoms. The summed E-state index contributed by atoms with van der Waals surface area (Å²) >= 11 is 0. The number of rotatable bonds is 7. The van der Waals surface area contributed by atoms with Gasteiger partial charge in [-0.25, -0.2) is 4.79 Å². The fourth-order valence-electron chi connectivity index (χ4n) is 2.65. The zero-order chi connectivity index (χ0) is 18.3. The van der Waals surface area contributed by atoms with Gasteiger partial charge in [-0.15, -0.1) is 0 Å². The summed E-state index contributed by atoms with van der Waals surface area (Å²) in [6, 6.07) is 0. The van der Waals surface area contributed by atoms with Crippen molar-refractivity contribution in [3.8, 4) is 0 Å². The van der Waals surface area contributed by atoms with E-state index >= 15 is 0 Å². The van der Waals surface area contributed by atoms with E-state index in [2.05, 4.69) is 6.58 Å². The van der Waals surface area contributed by atoms with Crippen molar-refractivity contribution in [2.24, 2.45) is 17.3 Å². The fraction of sp³-hybridized carbons (Fsp3) is 0.611. The highest BCUT2D eigenvalue weighted by Gasteiger charge is 2.36. The van der Waals surface area contributed by atoms with Crippen LogP contribution in [0.3, 0.4) is 0 Å². The molecule has 1 aliphatic carbocycles. The molecule has 6 heteroatoms. The molecule has 0 aromatic carbocycles. The number of ether oxygens (including phenoxy) is 2. The minimum atomic E-state index is -1.01. The van der Waals surface area contributed by atoms with Gasteiger partial charge in [0.2, 0.25) is 0 Å². The van der Waals surface area contributed by atoms with Gasteiger partial charge in [0, 0.05) is 6.08 Å². The number of carboxylic acids is 1. The first-order valence-electron chi connectivity index (χ1n) is 8.01. The fourth-order valence-corrected chi connectivity index (χ4v) is 2.65. The molecule has 0 radical (unpaired) electrons. The van der Waals surface area contributed by atoms with Crippen LogP contribution in [0, 0.1) is 17.3 Å². The van der Waals surface area contributed by atoms with E-state index in [4.69, 9.17) is 9.47 Å². The van der Waals surface area contributed by atoms with Crippen molar-refractivity contribution in [2.75, 3.05) is 6.61 Å². The van der Waals surface area contributed by atoms with Crippen LogP contribution < -0.4 is 0 Å². The highest BCUT2D eigenvalue weighted by Crippen LogP contribution is 2.29. The molecule has 0 fully saturated rings. The zero-order valence-corrected chi connectivity index (χ0v) is 14.5. The highest BCUT2D eigenvalue weighted by molar-refractivity contribution is 5.82. The largest absolute Gasteiger partial charge is 0.481 e. The minimum Gasteiger partial charge on any atom is -0.481 e. The molecule has 1 N–H and O–H groups in total. The maximum absolute atomic E-state index is 12.4. The molecule has 0 aromatic heterocycles. The molecule has 3 atom stereocenters. The molecule has 3 unspecified atom stereocenters. The van der Waals surface area contributed by atoms with Gasteiger partial charge in [-0.2, -0.15) is 0 Å². The topological polar surface area (TPSA) is 89.9 Å². The average molecular weight is 338 g/mol. The Morgan fingerprint density at radius 1 is 1.25 bits per heavy atom. The lowest BCUT2D eigenvalue weighted by Crippen LogP contribution is -2.37. The third-order valence-electron chi connectivity index (χ3n) is 3.75. The van der Waals surface area contributed by atoms with Crippen molar-refractivity contribution in [3.63, 3.8) is 0 Å². The van der Waals surface area contributed by atoms with Crippen molar-refractivity contribution in [1.29, 1.82) is 0 Å². The zero-order valence-electron chi connectivity index (χ0n) is 14.5. The number of carboxylic acid groups (broad SMARTS) is 1. The molecule has 0 heterocycles. The first kappa shape index (κ1) is 19.9. The number of carbonyl (C=O) groups excluding carboxylic acids is 2. The van der Waals surface area contributed by atoms with Crippen LogP contribution in [0.5, 0.6) is 0 Å². The quantitative estimate of drug-likeness (QED) is 0.436. The Morgan fingerprint density at radius 2 is 1.83 bits per heavy atom. The molecule has 0 saturated carbocycles. The Morgan fingerprint density at radius 3 is 2.33 bits per heavy atom.